The minimum Gasteiger partial charge on any atom is -0.339 e. The monoisotopic (exact) mass is 349 g/mol. The van der Waals surface area contributed by atoms with Crippen molar-refractivity contribution in [3.63, 3.8) is 0 Å². The maximum atomic E-state index is 12.3. The molecule has 8 heteroatoms. The van der Waals surface area contributed by atoms with Crippen LogP contribution in [0.25, 0.3) is 10.9 Å². The summed E-state index contributed by atoms with van der Waals surface area (Å²) in [6.07, 6.45) is 0. The molecule has 1 aliphatic heterocycles. The molecule has 2 heterocycles. The van der Waals surface area contributed by atoms with Gasteiger partial charge in [0.2, 0.25) is 5.91 Å². The smallest absolute Gasteiger partial charge is 0.258 e. The number of hydrogen-bond donors (Lipinski definition) is 2. The topological polar surface area (TPSA) is 81.3 Å². The van der Waals surface area contributed by atoms with Crippen LogP contribution < -0.4 is 10.9 Å². The maximum absolute atomic E-state index is 12.3. The molecule has 0 atom stereocenters. The number of amides is 1. The van der Waals surface area contributed by atoms with Gasteiger partial charge in [-0.2, -0.15) is 0 Å². The number of likely N-dealkylation sites (N-methyl/N-ethyl adjacent to an activating group) is 1. The molecular weight excluding hydrogens is 330 g/mol. The van der Waals surface area contributed by atoms with Crippen LogP contribution >= 0.6 is 11.6 Å². The second-order valence-electron chi connectivity index (χ2n) is 5.98. The number of carbonyl (C=O) groups excluding carboxylic acids is 1. The van der Waals surface area contributed by atoms with Crippen molar-refractivity contribution in [2.24, 2.45) is 0 Å². The van der Waals surface area contributed by atoms with Crippen molar-refractivity contribution in [3.05, 3.63) is 39.4 Å². The van der Waals surface area contributed by atoms with E-state index in [-0.39, 0.29) is 11.5 Å². The zero-order chi connectivity index (χ0) is 17.1. The highest BCUT2D eigenvalue weighted by atomic mass is 35.5. The minimum absolute atomic E-state index is 0.0916. The van der Waals surface area contributed by atoms with Gasteiger partial charge in [0, 0.05) is 31.2 Å². The first-order valence-electron chi connectivity index (χ1n) is 7.88. The molecule has 2 N–H and O–H groups in total. The van der Waals surface area contributed by atoms with Crippen LogP contribution in [0.5, 0.6) is 0 Å². The maximum Gasteiger partial charge on any atom is 0.258 e. The van der Waals surface area contributed by atoms with Crippen LogP contribution in [0.1, 0.15) is 5.82 Å². The number of nitrogens with one attached hydrogen (secondary N) is 2. The van der Waals surface area contributed by atoms with E-state index in [1.54, 1.807) is 18.2 Å². The van der Waals surface area contributed by atoms with E-state index in [1.807, 2.05) is 16.8 Å². The summed E-state index contributed by atoms with van der Waals surface area (Å²) in [7, 11) is 1.84. The zero-order valence-electron chi connectivity index (χ0n) is 13.5. The number of aromatic nitrogens is 2. The molecule has 1 fully saturated rings. The average Bonchev–Trinajstić information content (AvgIpc) is 2.56. The van der Waals surface area contributed by atoms with Crippen molar-refractivity contribution < 1.29 is 4.79 Å². The Bertz CT molecular complexity index is 801. The van der Waals surface area contributed by atoms with E-state index in [1.165, 1.54) is 0 Å². The van der Waals surface area contributed by atoms with Crippen molar-refractivity contribution in [1.82, 2.24) is 25.1 Å². The summed E-state index contributed by atoms with van der Waals surface area (Å²) in [5, 5.41) is 4.19. The molecular formula is C16H20ClN5O2. The fraction of sp³-hybridized carbons (Fsp3) is 0.438. The third-order valence-electron chi connectivity index (χ3n) is 4.01. The third-order valence-corrected chi connectivity index (χ3v) is 4.25. The lowest BCUT2D eigenvalue weighted by Gasteiger charge is -2.29. The molecule has 1 aliphatic rings. The van der Waals surface area contributed by atoms with E-state index in [4.69, 9.17) is 11.6 Å². The molecule has 2 aromatic rings. The van der Waals surface area contributed by atoms with Crippen LogP contribution in [0.2, 0.25) is 5.02 Å². The molecule has 1 aromatic heterocycles. The second-order valence-corrected chi connectivity index (χ2v) is 6.41. The normalized spacial score (nSPS) is 15.2. The number of carbonyl (C=O) groups is 1. The number of aromatic amines is 1. The fourth-order valence-corrected chi connectivity index (χ4v) is 2.96. The van der Waals surface area contributed by atoms with Crippen molar-refractivity contribution >= 4 is 28.4 Å². The van der Waals surface area contributed by atoms with E-state index in [9.17, 15) is 9.59 Å². The molecule has 128 valence electrons. The standard InChI is InChI=1S/C16H20ClN5O2/c1-21(10-15(23)22-6-4-18-5-7-22)9-14-19-13-3-2-11(17)8-12(13)16(24)20-14/h2-3,8,18H,4-7,9-10H2,1H3,(H,19,20,24). The number of fused-ring (bicyclic) bond motifs is 1. The summed E-state index contributed by atoms with van der Waals surface area (Å²) < 4.78 is 0. The number of rotatable bonds is 4. The molecule has 0 saturated carbocycles. The van der Waals surface area contributed by atoms with Crippen molar-refractivity contribution in [1.29, 1.82) is 0 Å². The Morgan fingerprint density at radius 3 is 2.88 bits per heavy atom. The molecule has 24 heavy (non-hydrogen) atoms. The van der Waals surface area contributed by atoms with Crippen LogP contribution in [-0.4, -0.2) is 65.4 Å². The number of H-pyrrole nitrogens is 1. The second kappa shape index (κ2) is 7.29. The van der Waals surface area contributed by atoms with E-state index in [0.29, 0.717) is 34.8 Å². The minimum atomic E-state index is -0.223. The number of nitrogens with zero attached hydrogens (tertiary/aromatic N) is 3. The Balaban J connectivity index is 1.68. The summed E-state index contributed by atoms with van der Waals surface area (Å²) in [6, 6.07) is 5.03. The molecule has 0 bridgehead atoms. The van der Waals surface area contributed by atoms with Gasteiger partial charge in [-0.15, -0.1) is 0 Å². The van der Waals surface area contributed by atoms with Crippen molar-refractivity contribution in [2.75, 3.05) is 39.8 Å². The van der Waals surface area contributed by atoms with E-state index < -0.39 is 0 Å². The average molecular weight is 350 g/mol. The van der Waals surface area contributed by atoms with Gasteiger partial charge in [-0.05, 0) is 25.2 Å². The Labute approximate surface area is 144 Å². The van der Waals surface area contributed by atoms with Gasteiger partial charge in [0.25, 0.3) is 5.56 Å². The highest BCUT2D eigenvalue weighted by molar-refractivity contribution is 6.31. The Morgan fingerprint density at radius 1 is 1.38 bits per heavy atom. The fourth-order valence-electron chi connectivity index (χ4n) is 2.79. The van der Waals surface area contributed by atoms with Crippen LogP contribution in [0.3, 0.4) is 0 Å². The van der Waals surface area contributed by atoms with E-state index in [0.717, 1.165) is 26.2 Å². The number of halogens is 1. The predicted octanol–water partition coefficient (Wildman–Crippen LogP) is 0.440. The Kier molecular flexibility index (Phi) is 5.13. The first-order chi connectivity index (χ1) is 11.5. The van der Waals surface area contributed by atoms with Crippen LogP contribution in [0.15, 0.2) is 23.0 Å². The van der Waals surface area contributed by atoms with Crippen LogP contribution in [-0.2, 0) is 11.3 Å². The van der Waals surface area contributed by atoms with Crippen LogP contribution in [0, 0.1) is 0 Å². The Hall–Kier alpha value is -1.96. The summed E-state index contributed by atoms with van der Waals surface area (Å²) in [5.74, 6) is 0.624. The molecule has 1 aromatic carbocycles. The van der Waals surface area contributed by atoms with Crippen molar-refractivity contribution in [2.45, 2.75) is 6.54 Å². The molecule has 0 aliphatic carbocycles. The highest BCUT2D eigenvalue weighted by Crippen LogP contribution is 2.14. The first kappa shape index (κ1) is 16.9. The van der Waals surface area contributed by atoms with Gasteiger partial charge in [-0.1, -0.05) is 11.6 Å². The van der Waals surface area contributed by atoms with Gasteiger partial charge in [0.15, 0.2) is 0 Å². The number of piperazine rings is 1. The largest absolute Gasteiger partial charge is 0.339 e. The van der Waals surface area contributed by atoms with Gasteiger partial charge >= 0.3 is 0 Å². The third kappa shape index (κ3) is 3.92. The quantitative estimate of drug-likeness (QED) is 0.837. The highest BCUT2D eigenvalue weighted by Gasteiger charge is 2.18. The first-order valence-corrected chi connectivity index (χ1v) is 8.26. The van der Waals surface area contributed by atoms with Gasteiger partial charge in [0.05, 0.1) is 24.0 Å². The predicted molar refractivity (Wildman–Crippen MR) is 93.2 cm³/mol. The summed E-state index contributed by atoms with van der Waals surface area (Å²) in [4.78, 5) is 35.3. The lowest BCUT2D eigenvalue weighted by Crippen LogP contribution is -2.49. The zero-order valence-corrected chi connectivity index (χ0v) is 14.3. The van der Waals surface area contributed by atoms with Crippen molar-refractivity contribution in [3.8, 4) is 0 Å². The molecule has 1 amide bonds. The van der Waals surface area contributed by atoms with Gasteiger partial charge < -0.3 is 15.2 Å². The number of benzene rings is 1. The van der Waals surface area contributed by atoms with Gasteiger partial charge in [0.1, 0.15) is 5.82 Å². The van der Waals surface area contributed by atoms with E-state index in [2.05, 4.69) is 15.3 Å². The van der Waals surface area contributed by atoms with Gasteiger partial charge in [-0.3, -0.25) is 14.5 Å². The molecule has 3 rings (SSSR count). The summed E-state index contributed by atoms with van der Waals surface area (Å²) >= 11 is 5.91. The molecule has 0 radical (unpaired) electrons. The van der Waals surface area contributed by atoms with Gasteiger partial charge in [-0.25, -0.2) is 4.98 Å². The summed E-state index contributed by atoms with van der Waals surface area (Å²) in [5.41, 5.74) is 0.374. The molecule has 7 nitrogen and oxygen atoms in total. The Morgan fingerprint density at radius 2 is 2.12 bits per heavy atom. The van der Waals surface area contributed by atoms with Crippen LogP contribution in [0.4, 0.5) is 0 Å². The lowest BCUT2D eigenvalue weighted by atomic mass is 10.2. The van der Waals surface area contributed by atoms with E-state index >= 15 is 0 Å². The lowest BCUT2D eigenvalue weighted by molar-refractivity contribution is -0.132. The SMILES string of the molecule is CN(CC(=O)N1CCNCC1)Cc1nc2ccc(Cl)cc2c(=O)[nH]1. The summed E-state index contributed by atoms with van der Waals surface area (Å²) in [6.45, 7) is 3.82. The molecule has 1 saturated heterocycles. The number of hydrogen-bond acceptors (Lipinski definition) is 5. The molecule has 0 spiro atoms. The molecule has 0 unspecified atom stereocenters.